The summed E-state index contributed by atoms with van der Waals surface area (Å²) in [5.41, 5.74) is 11.4. The largest absolute Gasteiger partial charge is 0.320 e. The van der Waals surface area contributed by atoms with Gasteiger partial charge in [0.15, 0.2) is 0 Å². The molecule has 3 rings (SSSR count). The van der Waals surface area contributed by atoms with Crippen molar-refractivity contribution in [3.8, 4) is 17.2 Å². The monoisotopic (exact) mass is 206 g/mol. The third kappa shape index (κ3) is 1.09. The molecule has 1 unspecified atom stereocenters. The van der Waals surface area contributed by atoms with Gasteiger partial charge in [-0.1, -0.05) is 30.3 Å². The van der Waals surface area contributed by atoms with Crippen LogP contribution in [0.3, 0.4) is 0 Å². The molecule has 0 radical (unpaired) electrons. The fourth-order valence-corrected chi connectivity index (χ4v) is 2.31. The van der Waals surface area contributed by atoms with Crippen LogP contribution in [0.25, 0.3) is 11.1 Å². The Morgan fingerprint density at radius 3 is 2.56 bits per heavy atom. The van der Waals surface area contributed by atoms with Crippen molar-refractivity contribution in [3.63, 3.8) is 0 Å². The lowest BCUT2D eigenvalue weighted by molar-refractivity contribution is 0.901. The Hall–Kier alpha value is -2.11. The second kappa shape index (κ2) is 3.19. The van der Waals surface area contributed by atoms with E-state index in [0.717, 1.165) is 22.3 Å². The number of fused-ring (bicyclic) bond motifs is 3. The quantitative estimate of drug-likeness (QED) is 0.720. The van der Waals surface area contributed by atoms with Crippen molar-refractivity contribution in [2.45, 2.75) is 6.04 Å². The van der Waals surface area contributed by atoms with E-state index >= 15 is 0 Å². The second-order valence-electron chi connectivity index (χ2n) is 3.98. The molecule has 0 aliphatic heterocycles. The molecule has 2 aromatic carbocycles. The zero-order valence-corrected chi connectivity index (χ0v) is 8.64. The number of hydrogen-bond donors (Lipinski definition) is 1. The third-order valence-electron chi connectivity index (χ3n) is 3.10. The highest BCUT2D eigenvalue weighted by Gasteiger charge is 2.25. The minimum atomic E-state index is -0.0565. The number of nitriles is 1. The molecule has 0 heterocycles. The van der Waals surface area contributed by atoms with Crippen molar-refractivity contribution in [3.05, 3.63) is 59.2 Å². The topological polar surface area (TPSA) is 49.8 Å². The van der Waals surface area contributed by atoms with Crippen LogP contribution >= 0.6 is 0 Å². The highest BCUT2D eigenvalue weighted by atomic mass is 14.7. The molecular weight excluding hydrogens is 196 g/mol. The van der Waals surface area contributed by atoms with Crippen LogP contribution in [-0.2, 0) is 0 Å². The van der Waals surface area contributed by atoms with Gasteiger partial charge < -0.3 is 5.73 Å². The van der Waals surface area contributed by atoms with E-state index in [4.69, 9.17) is 11.0 Å². The summed E-state index contributed by atoms with van der Waals surface area (Å²) in [6, 6.07) is 15.9. The van der Waals surface area contributed by atoms with Crippen molar-refractivity contribution in [1.29, 1.82) is 5.26 Å². The fraction of sp³-hybridized carbons (Fsp3) is 0.0714. The molecule has 0 spiro atoms. The summed E-state index contributed by atoms with van der Waals surface area (Å²) in [5, 5.41) is 8.90. The SMILES string of the molecule is N#Cc1ccc2c(c1)-c1ccccc1C2N. The van der Waals surface area contributed by atoms with E-state index in [-0.39, 0.29) is 6.04 Å². The number of nitrogens with two attached hydrogens (primary N) is 1. The molecule has 1 aliphatic carbocycles. The van der Waals surface area contributed by atoms with Crippen LogP contribution in [0.15, 0.2) is 42.5 Å². The van der Waals surface area contributed by atoms with Crippen LogP contribution in [0, 0.1) is 11.3 Å². The zero-order valence-electron chi connectivity index (χ0n) is 8.64. The van der Waals surface area contributed by atoms with Crippen molar-refractivity contribution < 1.29 is 0 Å². The van der Waals surface area contributed by atoms with E-state index in [0.29, 0.717) is 5.56 Å². The van der Waals surface area contributed by atoms with Gasteiger partial charge in [0.25, 0.3) is 0 Å². The van der Waals surface area contributed by atoms with Gasteiger partial charge in [-0.3, -0.25) is 0 Å². The summed E-state index contributed by atoms with van der Waals surface area (Å²) >= 11 is 0. The molecule has 0 saturated carbocycles. The number of hydrogen-bond acceptors (Lipinski definition) is 2. The van der Waals surface area contributed by atoms with Gasteiger partial charge in [0.2, 0.25) is 0 Å². The van der Waals surface area contributed by atoms with E-state index in [2.05, 4.69) is 12.1 Å². The molecule has 16 heavy (non-hydrogen) atoms. The molecule has 0 bridgehead atoms. The zero-order chi connectivity index (χ0) is 11.1. The van der Waals surface area contributed by atoms with E-state index in [1.165, 1.54) is 0 Å². The highest BCUT2D eigenvalue weighted by Crippen LogP contribution is 2.42. The maximum Gasteiger partial charge on any atom is 0.0991 e. The standard InChI is InChI=1S/C14H10N2/c15-8-9-5-6-12-13(7-9)10-3-1-2-4-11(10)14(12)16/h1-7,14H,16H2. The molecule has 0 fully saturated rings. The Kier molecular flexibility index (Phi) is 1.82. The summed E-state index contributed by atoms with van der Waals surface area (Å²) in [5.74, 6) is 0. The average molecular weight is 206 g/mol. The van der Waals surface area contributed by atoms with Gasteiger partial charge >= 0.3 is 0 Å². The molecule has 1 atom stereocenters. The van der Waals surface area contributed by atoms with Gasteiger partial charge in [-0.15, -0.1) is 0 Å². The van der Waals surface area contributed by atoms with Crippen LogP contribution in [0.5, 0.6) is 0 Å². The molecule has 2 aromatic rings. The molecule has 0 saturated heterocycles. The first kappa shape index (κ1) is 9.14. The summed E-state index contributed by atoms with van der Waals surface area (Å²) in [7, 11) is 0. The maximum atomic E-state index is 8.90. The highest BCUT2D eigenvalue weighted by molar-refractivity contribution is 5.79. The van der Waals surface area contributed by atoms with Gasteiger partial charge in [0, 0.05) is 0 Å². The van der Waals surface area contributed by atoms with E-state index in [9.17, 15) is 0 Å². The van der Waals surface area contributed by atoms with Crippen molar-refractivity contribution >= 4 is 0 Å². The Bertz CT molecular complexity index is 608. The van der Waals surface area contributed by atoms with Crippen molar-refractivity contribution in [2.75, 3.05) is 0 Å². The van der Waals surface area contributed by atoms with Crippen LogP contribution < -0.4 is 5.73 Å². The Morgan fingerprint density at radius 1 is 1.00 bits per heavy atom. The molecule has 2 N–H and O–H groups in total. The predicted octanol–water partition coefficient (Wildman–Crippen LogP) is 2.59. The Morgan fingerprint density at radius 2 is 1.75 bits per heavy atom. The molecule has 1 aliphatic rings. The smallest absolute Gasteiger partial charge is 0.0991 e. The molecule has 0 amide bonds. The van der Waals surface area contributed by atoms with Gasteiger partial charge in [-0.05, 0) is 34.4 Å². The summed E-state index contributed by atoms with van der Waals surface area (Å²) in [4.78, 5) is 0. The van der Waals surface area contributed by atoms with Gasteiger partial charge in [-0.2, -0.15) is 5.26 Å². The summed E-state index contributed by atoms with van der Waals surface area (Å²) in [6.45, 7) is 0. The second-order valence-corrected chi connectivity index (χ2v) is 3.98. The normalized spacial score (nSPS) is 16.4. The molecule has 2 nitrogen and oxygen atoms in total. The maximum absolute atomic E-state index is 8.90. The molecule has 2 heteroatoms. The predicted molar refractivity (Wildman–Crippen MR) is 62.6 cm³/mol. The van der Waals surface area contributed by atoms with E-state index in [1.807, 2.05) is 36.4 Å². The number of rotatable bonds is 0. The minimum absolute atomic E-state index is 0.0565. The first-order chi connectivity index (χ1) is 7.81. The minimum Gasteiger partial charge on any atom is -0.320 e. The van der Waals surface area contributed by atoms with Crippen LogP contribution in [0.4, 0.5) is 0 Å². The summed E-state index contributed by atoms with van der Waals surface area (Å²) in [6.07, 6.45) is 0. The van der Waals surface area contributed by atoms with Gasteiger partial charge in [0.1, 0.15) is 0 Å². The molecule has 76 valence electrons. The van der Waals surface area contributed by atoms with E-state index < -0.39 is 0 Å². The van der Waals surface area contributed by atoms with Gasteiger partial charge in [0.05, 0.1) is 17.7 Å². The van der Waals surface area contributed by atoms with Crippen LogP contribution in [0.1, 0.15) is 22.7 Å². The fourth-order valence-electron chi connectivity index (χ4n) is 2.31. The lowest BCUT2D eigenvalue weighted by atomic mass is 10.0. The van der Waals surface area contributed by atoms with Crippen molar-refractivity contribution in [2.24, 2.45) is 5.73 Å². The average Bonchev–Trinajstić information content (AvgIpc) is 2.64. The molecular formula is C14H10N2. The third-order valence-corrected chi connectivity index (χ3v) is 3.10. The number of nitrogens with zero attached hydrogens (tertiary/aromatic N) is 1. The summed E-state index contributed by atoms with van der Waals surface area (Å²) < 4.78 is 0. The lowest BCUT2D eigenvalue weighted by Gasteiger charge is -2.05. The van der Waals surface area contributed by atoms with E-state index in [1.54, 1.807) is 0 Å². The molecule has 0 aromatic heterocycles. The first-order valence-electron chi connectivity index (χ1n) is 5.20. The lowest BCUT2D eigenvalue weighted by Crippen LogP contribution is -2.07. The first-order valence-corrected chi connectivity index (χ1v) is 5.20. The van der Waals surface area contributed by atoms with Gasteiger partial charge in [-0.25, -0.2) is 0 Å². The van der Waals surface area contributed by atoms with Crippen molar-refractivity contribution in [1.82, 2.24) is 0 Å². The number of benzene rings is 2. The Labute approximate surface area is 93.9 Å². The Balaban J connectivity index is 2.32. The van der Waals surface area contributed by atoms with Crippen LogP contribution in [-0.4, -0.2) is 0 Å². The van der Waals surface area contributed by atoms with Crippen LogP contribution in [0.2, 0.25) is 0 Å².